The van der Waals surface area contributed by atoms with Gasteiger partial charge in [0.1, 0.15) is 23.7 Å². The van der Waals surface area contributed by atoms with Crippen LogP contribution in [0.1, 0.15) is 5.56 Å². The van der Waals surface area contributed by atoms with E-state index in [0.717, 1.165) is 0 Å². The van der Waals surface area contributed by atoms with Crippen molar-refractivity contribution >= 4 is 17.8 Å². The predicted molar refractivity (Wildman–Crippen MR) is 66.8 cm³/mol. The molecule has 2 aromatic rings. The normalized spacial score (nSPS) is 10.8. The van der Waals surface area contributed by atoms with E-state index in [2.05, 4.69) is 15.0 Å². The summed E-state index contributed by atoms with van der Waals surface area (Å²) in [6, 6.07) is 9.40. The number of amides is 1. The van der Waals surface area contributed by atoms with Gasteiger partial charge in [-0.3, -0.25) is 4.79 Å². The van der Waals surface area contributed by atoms with Crippen LogP contribution in [0.3, 0.4) is 0 Å². The van der Waals surface area contributed by atoms with Gasteiger partial charge in [0.2, 0.25) is 0 Å². The molecule has 0 radical (unpaired) electrons. The number of hydrogen-bond acceptors (Lipinski definition) is 5. The van der Waals surface area contributed by atoms with Crippen molar-refractivity contribution < 1.29 is 14.4 Å². The summed E-state index contributed by atoms with van der Waals surface area (Å²) in [5.41, 5.74) is 0.554. The molecular formula is C13H9N3O3. The van der Waals surface area contributed by atoms with Crippen LogP contribution < -0.4 is 5.32 Å². The van der Waals surface area contributed by atoms with Crippen LogP contribution in [0, 0.1) is 11.3 Å². The molecule has 6 heteroatoms. The Bertz CT molecular complexity index is 637. The lowest BCUT2D eigenvalue weighted by Gasteiger charge is -2.00. The number of nitriles is 1. The van der Waals surface area contributed by atoms with Crippen LogP contribution >= 0.6 is 0 Å². The molecule has 1 aromatic heterocycles. The monoisotopic (exact) mass is 255 g/mol. The van der Waals surface area contributed by atoms with Crippen LogP contribution in [0.2, 0.25) is 0 Å². The Balaban J connectivity index is 2.17. The second kappa shape index (κ2) is 5.51. The molecule has 1 amide bonds. The molecule has 2 rings (SSSR count). The Hall–Kier alpha value is -3.07. The molecular weight excluding hydrogens is 246 g/mol. The number of aromatic nitrogens is 1. The van der Waals surface area contributed by atoms with Crippen molar-refractivity contribution in [3.05, 3.63) is 47.7 Å². The highest BCUT2D eigenvalue weighted by atomic mass is 16.5. The predicted octanol–water partition coefficient (Wildman–Crippen LogP) is 1.93. The van der Waals surface area contributed by atoms with Crippen molar-refractivity contribution in [1.29, 1.82) is 5.26 Å². The number of phenolic OH excluding ortho intramolecular Hbond substituents is 1. The van der Waals surface area contributed by atoms with Gasteiger partial charge in [0.25, 0.3) is 5.91 Å². The maximum Gasteiger partial charge on any atom is 0.267 e. The van der Waals surface area contributed by atoms with Crippen LogP contribution in [0.4, 0.5) is 5.82 Å². The van der Waals surface area contributed by atoms with Gasteiger partial charge in [-0.1, -0.05) is 17.3 Å². The molecule has 0 saturated carbocycles. The number of carbonyl (C=O) groups is 1. The molecule has 0 aliphatic rings. The fraction of sp³-hybridized carbons (Fsp3) is 0. The fourth-order valence-electron chi connectivity index (χ4n) is 1.35. The zero-order valence-corrected chi connectivity index (χ0v) is 9.70. The largest absolute Gasteiger partial charge is 0.508 e. The number of benzene rings is 1. The Labute approximate surface area is 108 Å². The fourth-order valence-corrected chi connectivity index (χ4v) is 1.35. The average molecular weight is 255 g/mol. The van der Waals surface area contributed by atoms with E-state index in [1.54, 1.807) is 18.2 Å². The molecule has 0 unspecified atom stereocenters. The van der Waals surface area contributed by atoms with E-state index in [-0.39, 0.29) is 17.1 Å². The highest BCUT2D eigenvalue weighted by Gasteiger charge is 2.10. The summed E-state index contributed by atoms with van der Waals surface area (Å²) in [7, 11) is 0. The third-order valence-corrected chi connectivity index (χ3v) is 2.25. The van der Waals surface area contributed by atoms with E-state index in [4.69, 9.17) is 10.4 Å². The van der Waals surface area contributed by atoms with Crippen LogP contribution in [0.25, 0.3) is 6.08 Å². The highest BCUT2D eigenvalue weighted by molar-refractivity contribution is 6.09. The van der Waals surface area contributed by atoms with Gasteiger partial charge in [-0.15, -0.1) is 0 Å². The number of aromatic hydroxyl groups is 1. The summed E-state index contributed by atoms with van der Waals surface area (Å²) in [6.07, 6.45) is 2.72. The summed E-state index contributed by atoms with van der Waals surface area (Å²) in [5.74, 6) is -0.232. The van der Waals surface area contributed by atoms with Gasteiger partial charge < -0.3 is 14.9 Å². The van der Waals surface area contributed by atoms with Gasteiger partial charge in [0.05, 0.1) is 0 Å². The number of hydrogen-bond donors (Lipinski definition) is 2. The Morgan fingerprint density at radius 2 is 2.11 bits per heavy atom. The van der Waals surface area contributed by atoms with E-state index in [1.807, 2.05) is 0 Å². The third-order valence-electron chi connectivity index (χ3n) is 2.25. The first-order chi connectivity index (χ1) is 9.19. The van der Waals surface area contributed by atoms with Crippen molar-refractivity contribution in [3.63, 3.8) is 0 Å². The zero-order valence-electron chi connectivity index (χ0n) is 9.70. The van der Waals surface area contributed by atoms with Crippen molar-refractivity contribution in [2.75, 3.05) is 5.32 Å². The Morgan fingerprint density at radius 1 is 1.37 bits per heavy atom. The molecule has 0 bridgehead atoms. The van der Waals surface area contributed by atoms with Gasteiger partial charge in [-0.25, -0.2) is 0 Å². The lowest BCUT2D eigenvalue weighted by molar-refractivity contribution is -0.112. The summed E-state index contributed by atoms with van der Waals surface area (Å²) in [4.78, 5) is 11.8. The average Bonchev–Trinajstić information content (AvgIpc) is 2.90. The van der Waals surface area contributed by atoms with Crippen LogP contribution in [0.15, 0.2) is 46.7 Å². The van der Waals surface area contributed by atoms with Crippen LogP contribution in [-0.2, 0) is 4.79 Å². The summed E-state index contributed by atoms with van der Waals surface area (Å²) in [6.45, 7) is 0. The lowest BCUT2D eigenvalue weighted by Crippen LogP contribution is -2.13. The van der Waals surface area contributed by atoms with E-state index in [1.165, 1.54) is 30.5 Å². The number of rotatable bonds is 3. The molecule has 0 fully saturated rings. The molecule has 0 atom stereocenters. The summed E-state index contributed by atoms with van der Waals surface area (Å²) >= 11 is 0. The molecule has 0 saturated heterocycles. The van der Waals surface area contributed by atoms with Gasteiger partial charge in [-0.2, -0.15) is 5.26 Å². The maximum atomic E-state index is 11.8. The summed E-state index contributed by atoms with van der Waals surface area (Å²) < 4.78 is 4.57. The van der Waals surface area contributed by atoms with Gasteiger partial charge in [0.15, 0.2) is 5.82 Å². The molecule has 0 aliphatic heterocycles. The van der Waals surface area contributed by atoms with Crippen LogP contribution in [0.5, 0.6) is 5.75 Å². The second-order valence-electron chi connectivity index (χ2n) is 3.60. The zero-order chi connectivity index (χ0) is 13.7. The summed E-state index contributed by atoms with van der Waals surface area (Å²) in [5, 5.41) is 24.0. The minimum absolute atomic E-state index is 0.0753. The first-order valence-corrected chi connectivity index (χ1v) is 5.31. The first-order valence-electron chi connectivity index (χ1n) is 5.31. The molecule has 2 N–H and O–H groups in total. The molecule has 94 valence electrons. The van der Waals surface area contributed by atoms with Gasteiger partial charge in [0, 0.05) is 6.07 Å². The van der Waals surface area contributed by atoms with Gasteiger partial charge >= 0.3 is 0 Å². The van der Waals surface area contributed by atoms with Crippen LogP contribution in [-0.4, -0.2) is 16.2 Å². The van der Waals surface area contributed by atoms with E-state index in [9.17, 15) is 4.79 Å². The van der Waals surface area contributed by atoms with Crippen molar-refractivity contribution in [3.8, 4) is 11.8 Å². The Morgan fingerprint density at radius 3 is 2.68 bits per heavy atom. The molecule has 19 heavy (non-hydrogen) atoms. The SMILES string of the molecule is N#C/C(=C\c1ccc(O)cc1)C(=O)Nc1ccon1. The minimum Gasteiger partial charge on any atom is -0.508 e. The van der Waals surface area contributed by atoms with E-state index < -0.39 is 5.91 Å². The number of nitrogens with zero attached hydrogens (tertiary/aromatic N) is 2. The maximum absolute atomic E-state index is 11.8. The molecule has 6 nitrogen and oxygen atoms in total. The van der Waals surface area contributed by atoms with Crippen molar-refractivity contribution in [1.82, 2.24) is 5.16 Å². The standard InChI is InChI=1S/C13H9N3O3/c14-8-10(7-9-1-3-11(17)4-2-9)13(18)15-12-5-6-19-16-12/h1-7,17H,(H,15,16,18)/b10-7+. The van der Waals surface area contributed by atoms with Crippen molar-refractivity contribution in [2.45, 2.75) is 0 Å². The minimum atomic E-state index is -0.579. The lowest BCUT2D eigenvalue weighted by atomic mass is 10.1. The molecule has 0 aliphatic carbocycles. The smallest absolute Gasteiger partial charge is 0.267 e. The number of anilines is 1. The Kier molecular flexibility index (Phi) is 3.59. The molecule has 1 heterocycles. The molecule has 0 spiro atoms. The van der Waals surface area contributed by atoms with E-state index in [0.29, 0.717) is 5.56 Å². The second-order valence-corrected chi connectivity index (χ2v) is 3.60. The first kappa shape index (κ1) is 12.4. The third kappa shape index (κ3) is 3.20. The topological polar surface area (TPSA) is 99.1 Å². The number of carbonyl (C=O) groups excluding carboxylic acids is 1. The highest BCUT2D eigenvalue weighted by Crippen LogP contribution is 2.13. The number of phenols is 1. The van der Waals surface area contributed by atoms with Gasteiger partial charge in [-0.05, 0) is 23.8 Å². The van der Waals surface area contributed by atoms with Crippen molar-refractivity contribution in [2.24, 2.45) is 0 Å². The number of nitrogens with one attached hydrogen (secondary N) is 1. The molecule has 1 aromatic carbocycles. The quantitative estimate of drug-likeness (QED) is 0.644. The van der Waals surface area contributed by atoms with E-state index >= 15 is 0 Å².